The molecule has 0 spiro atoms. The lowest BCUT2D eigenvalue weighted by Gasteiger charge is -2.39. The van der Waals surface area contributed by atoms with Gasteiger partial charge < -0.3 is 10.2 Å². The highest BCUT2D eigenvalue weighted by Crippen LogP contribution is 2.39. The minimum Gasteiger partial charge on any atom is -0.339 e. The molecule has 3 aliphatic rings. The van der Waals surface area contributed by atoms with Crippen LogP contribution in [0.4, 0.5) is 0 Å². The molecular weight excluding hydrogens is 276 g/mol. The van der Waals surface area contributed by atoms with Crippen LogP contribution in [0.2, 0.25) is 0 Å². The normalized spacial score (nSPS) is 34.9. The number of likely N-dealkylation sites (tertiary alicyclic amines) is 1. The van der Waals surface area contributed by atoms with Crippen molar-refractivity contribution < 1.29 is 4.79 Å². The molecule has 0 bridgehead atoms. The molecule has 0 radical (unpaired) electrons. The first-order valence-electron chi connectivity index (χ1n) is 8.74. The smallest absolute Gasteiger partial charge is 0.227 e. The van der Waals surface area contributed by atoms with Crippen LogP contribution >= 0.6 is 0 Å². The molecular formula is C17H26N4O. The molecule has 5 heteroatoms. The minimum atomic E-state index is 0.0866. The van der Waals surface area contributed by atoms with Crippen LogP contribution in [0.5, 0.6) is 0 Å². The number of aromatic nitrogens is 2. The first kappa shape index (κ1) is 14.2. The van der Waals surface area contributed by atoms with Crippen molar-refractivity contribution >= 4 is 5.91 Å². The average Bonchev–Trinajstić information content (AvgIpc) is 3.25. The van der Waals surface area contributed by atoms with Crippen molar-refractivity contribution in [2.75, 3.05) is 19.6 Å². The minimum absolute atomic E-state index is 0.0866. The number of fused-ring (bicyclic) bond motifs is 1. The van der Waals surface area contributed by atoms with E-state index in [-0.39, 0.29) is 11.8 Å². The summed E-state index contributed by atoms with van der Waals surface area (Å²) in [6.45, 7) is 2.67. The fraction of sp³-hybridized carbons (Fsp3) is 0.765. The van der Waals surface area contributed by atoms with Crippen molar-refractivity contribution in [2.24, 2.45) is 18.9 Å². The van der Waals surface area contributed by atoms with Gasteiger partial charge in [-0.05, 0) is 37.2 Å². The first-order valence-corrected chi connectivity index (χ1v) is 8.74. The fourth-order valence-corrected chi connectivity index (χ4v) is 4.86. The van der Waals surface area contributed by atoms with Crippen LogP contribution < -0.4 is 5.32 Å². The van der Waals surface area contributed by atoms with Crippen LogP contribution in [0.1, 0.15) is 43.6 Å². The van der Waals surface area contributed by atoms with Gasteiger partial charge in [0.05, 0.1) is 12.1 Å². The number of carbonyl (C=O) groups excluding carboxylic acids is 1. The van der Waals surface area contributed by atoms with Gasteiger partial charge in [-0.3, -0.25) is 9.48 Å². The molecule has 5 nitrogen and oxygen atoms in total. The predicted octanol–water partition coefficient (Wildman–Crippen LogP) is 1.51. The summed E-state index contributed by atoms with van der Waals surface area (Å²) in [5, 5.41) is 7.71. The van der Waals surface area contributed by atoms with E-state index in [1.807, 2.05) is 17.9 Å². The molecule has 1 amide bonds. The van der Waals surface area contributed by atoms with Gasteiger partial charge in [-0.25, -0.2) is 0 Å². The largest absolute Gasteiger partial charge is 0.339 e. The zero-order chi connectivity index (χ0) is 15.1. The van der Waals surface area contributed by atoms with Gasteiger partial charge in [0.25, 0.3) is 0 Å². The Morgan fingerprint density at radius 3 is 2.95 bits per heavy atom. The maximum Gasteiger partial charge on any atom is 0.227 e. The molecule has 3 heterocycles. The molecule has 4 atom stereocenters. The van der Waals surface area contributed by atoms with Crippen LogP contribution in [0, 0.1) is 11.8 Å². The van der Waals surface area contributed by atoms with Gasteiger partial charge >= 0.3 is 0 Å². The van der Waals surface area contributed by atoms with Crippen molar-refractivity contribution in [2.45, 2.75) is 44.1 Å². The van der Waals surface area contributed by atoms with E-state index >= 15 is 0 Å². The highest BCUT2D eigenvalue weighted by molar-refractivity contribution is 5.81. The monoisotopic (exact) mass is 302 g/mol. The maximum atomic E-state index is 13.2. The highest BCUT2D eigenvalue weighted by atomic mass is 16.2. The Hall–Kier alpha value is -1.36. The molecule has 1 aromatic rings. The molecule has 3 fully saturated rings. The standard InChI is InChI=1S/C17H26N4O/c1-20-11-13(8-19-20)14-9-18-10-15(14)17(22)21-7-3-5-12-4-2-6-16(12)21/h8,11-12,14-16,18H,2-7,9-10H2,1H3/t12?,14-,15+,16?/m1/s1. The topological polar surface area (TPSA) is 50.2 Å². The third kappa shape index (κ3) is 2.35. The SMILES string of the molecule is Cn1cc([C@H]2CNC[C@@H]2C(=O)N2CCCC3CCCC32)cn1. The molecule has 2 unspecified atom stereocenters. The Morgan fingerprint density at radius 1 is 1.27 bits per heavy atom. The molecule has 4 rings (SSSR count). The van der Waals surface area contributed by atoms with Gasteiger partial charge in [-0.2, -0.15) is 5.10 Å². The number of rotatable bonds is 2. The zero-order valence-corrected chi connectivity index (χ0v) is 13.4. The zero-order valence-electron chi connectivity index (χ0n) is 13.4. The first-order chi connectivity index (χ1) is 10.7. The van der Waals surface area contributed by atoms with Gasteiger partial charge in [0.15, 0.2) is 0 Å². The Balaban J connectivity index is 1.53. The van der Waals surface area contributed by atoms with Crippen LogP contribution in [0.25, 0.3) is 0 Å². The molecule has 1 saturated carbocycles. The van der Waals surface area contributed by atoms with Gasteiger partial charge in [-0.1, -0.05) is 6.42 Å². The van der Waals surface area contributed by atoms with E-state index in [0.717, 1.165) is 25.6 Å². The number of nitrogens with zero attached hydrogens (tertiary/aromatic N) is 3. The van der Waals surface area contributed by atoms with Crippen molar-refractivity contribution in [3.63, 3.8) is 0 Å². The highest BCUT2D eigenvalue weighted by Gasteiger charge is 2.43. The number of piperidine rings is 1. The molecule has 1 aromatic heterocycles. The molecule has 2 aliphatic heterocycles. The summed E-state index contributed by atoms with van der Waals surface area (Å²) >= 11 is 0. The summed E-state index contributed by atoms with van der Waals surface area (Å²) in [5.74, 6) is 1.52. The van der Waals surface area contributed by atoms with E-state index in [2.05, 4.69) is 21.5 Å². The summed E-state index contributed by atoms with van der Waals surface area (Å²) in [4.78, 5) is 15.4. The van der Waals surface area contributed by atoms with Crippen molar-refractivity contribution in [3.05, 3.63) is 18.0 Å². The van der Waals surface area contributed by atoms with Gasteiger partial charge in [-0.15, -0.1) is 0 Å². The van der Waals surface area contributed by atoms with Crippen LogP contribution in [0.3, 0.4) is 0 Å². The second kappa shape index (κ2) is 5.69. The summed E-state index contributed by atoms with van der Waals surface area (Å²) in [6, 6.07) is 0.524. The summed E-state index contributed by atoms with van der Waals surface area (Å²) < 4.78 is 1.84. The number of aryl methyl sites for hydroxylation is 1. The van der Waals surface area contributed by atoms with Gasteiger partial charge in [0.2, 0.25) is 5.91 Å². The molecule has 1 N–H and O–H groups in total. The molecule has 2 saturated heterocycles. The lowest BCUT2D eigenvalue weighted by Crippen LogP contribution is -2.49. The van der Waals surface area contributed by atoms with Gasteiger partial charge in [0, 0.05) is 44.8 Å². The Bertz CT molecular complexity index is 555. The second-order valence-corrected chi connectivity index (χ2v) is 7.25. The number of nitrogens with one attached hydrogen (secondary N) is 1. The van der Waals surface area contributed by atoms with Crippen molar-refractivity contribution in [1.29, 1.82) is 0 Å². The van der Waals surface area contributed by atoms with Crippen molar-refractivity contribution in [1.82, 2.24) is 20.0 Å². The summed E-state index contributed by atoms with van der Waals surface area (Å²) in [5.41, 5.74) is 1.20. The van der Waals surface area contributed by atoms with E-state index in [1.54, 1.807) is 0 Å². The van der Waals surface area contributed by atoms with E-state index in [9.17, 15) is 4.79 Å². The van der Waals surface area contributed by atoms with E-state index in [1.165, 1.54) is 37.7 Å². The maximum absolute atomic E-state index is 13.2. The van der Waals surface area contributed by atoms with Crippen LogP contribution in [-0.2, 0) is 11.8 Å². The van der Waals surface area contributed by atoms with E-state index < -0.39 is 0 Å². The Labute approximate surface area is 132 Å². The average molecular weight is 302 g/mol. The number of hydrogen-bond donors (Lipinski definition) is 1. The Kier molecular flexibility index (Phi) is 3.68. The lowest BCUT2D eigenvalue weighted by molar-refractivity contribution is -0.140. The van der Waals surface area contributed by atoms with Crippen LogP contribution in [-0.4, -0.2) is 46.3 Å². The third-order valence-corrected chi connectivity index (χ3v) is 5.96. The summed E-state index contributed by atoms with van der Waals surface area (Å²) in [7, 11) is 1.94. The van der Waals surface area contributed by atoms with Crippen molar-refractivity contribution in [3.8, 4) is 0 Å². The second-order valence-electron chi connectivity index (χ2n) is 7.25. The fourth-order valence-electron chi connectivity index (χ4n) is 4.86. The molecule has 0 aromatic carbocycles. The number of amides is 1. The third-order valence-electron chi connectivity index (χ3n) is 5.96. The van der Waals surface area contributed by atoms with Crippen LogP contribution in [0.15, 0.2) is 12.4 Å². The quantitative estimate of drug-likeness (QED) is 0.901. The lowest BCUT2D eigenvalue weighted by atomic mass is 9.86. The predicted molar refractivity (Wildman–Crippen MR) is 84.4 cm³/mol. The molecule has 120 valence electrons. The Morgan fingerprint density at radius 2 is 2.14 bits per heavy atom. The van der Waals surface area contributed by atoms with E-state index in [4.69, 9.17) is 0 Å². The number of carbonyl (C=O) groups is 1. The number of hydrogen-bond acceptors (Lipinski definition) is 3. The molecule has 1 aliphatic carbocycles. The van der Waals surface area contributed by atoms with Gasteiger partial charge in [0.1, 0.15) is 0 Å². The summed E-state index contributed by atoms with van der Waals surface area (Å²) in [6.07, 6.45) is 10.3. The molecule has 22 heavy (non-hydrogen) atoms. The van der Waals surface area contributed by atoms with E-state index in [0.29, 0.717) is 11.9 Å².